The molecule has 2 heteroatoms. The Morgan fingerprint density at radius 2 is 1.56 bits per heavy atom. The standard InChI is InChI=1S/C16H18FN/c1-12-10-15(6-7-16(12)17)11-14-4-2-13(3-5-14)8-9-18/h2-7,10H,8-9,11,18H2,1H3. The van der Waals surface area contributed by atoms with Crippen LogP contribution in [0.25, 0.3) is 0 Å². The Kier molecular flexibility index (Phi) is 4.11. The largest absolute Gasteiger partial charge is 0.330 e. The van der Waals surface area contributed by atoms with Crippen LogP contribution in [0.15, 0.2) is 42.5 Å². The fourth-order valence-corrected chi connectivity index (χ4v) is 2.04. The van der Waals surface area contributed by atoms with Crippen LogP contribution in [0.3, 0.4) is 0 Å². The third-order valence-electron chi connectivity index (χ3n) is 3.09. The Balaban J connectivity index is 2.10. The zero-order valence-corrected chi connectivity index (χ0v) is 10.6. The predicted octanol–water partition coefficient (Wildman–Crippen LogP) is 3.23. The Bertz CT molecular complexity index is 517. The van der Waals surface area contributed by atoms with Crippen LogP contribution in [0.5, 0.6) is 0 Å². The van der Waals surface area contributed by atoms with E-state index in [1.807, 2.05) is 12.1 Å². The van der Waals surface area contributed by atoms with Crippen molar-refractivity contribution in [2.75, 3.05) is 6.54 Å². The van der Waals surface area contributed by atoms with Gasteiger partial charge in [0.2, 0.25) is 0 Å². The number of hydrogen-bond donors (Lipinski definition) is 1. The fourth-order valence-electron chi connectivity index (χ4n) is 2.04. The second-order valence-electron chi connectivity index (χ2n) is 4.62. The zero-order chi connectivity index (χ0) is 13.0. The van der Waals surface area contributed by atoms with Crippen molar-refractivity contribution in [3.05, 3.63) is 70.5 Å². The molecule has 0 atom stereocenters. The molecule has 0 fully saturated rings. The molecule has 0 aliphatic rings. The van der Waals surface area contributed by atoms with E-state index < -0.39 is 0 Å². The van der Waals surface area contributed by atoms with Gasteiger partial charge in [-0.25, -0.2) is 4.39 Å². The highest BCUT2D eigenvalue weighted by Crippen LogP contribution is 2.14. The molecule has 0 saturated carbocycles. The minimum absolute atomic E-state index is 0.142. The smallest absolute Gasteiger partial charge is 0.126 e. The molecule has 94 valence electrons. The number of nitrogens with two attached hydrogens (primary N) is 1. The average Bonchev–Trinajstić information content (AvgIpc) is 2.37. The number of rotatable bonds is 4. The summed E-state index contributed by atoms with van der Waals surface area (Å²) in [5, 5.41) is 0. The fraction of sp³-hybridized carbons (Fsp3) is 0.250. The predicted molar refractivity (Wildman–Crippen MR) is 73.1 cm³/mol. The molecule has 0 spiro atoms. The third kappa shape index (κ3) is 3.17. The highest BCUT2D eigenvalue weighted by Gasteiger charge is 2.01. The molecule has 0 aliphatic carbocycles. The topological polar surface area (TPSA) is 26.0 Å². The van der Waals surface area contributed by atoms with E-state index in [0.29, 0.717) is 12.1 Å². The molecule has 0 unspecified atom stereocenters. The van der Waals surface area contributed by atoms with Gasteiger partial charge in [0, 0.05) is 0 Å². The van der Waals surface area contributed by atoms with Gasteiger partial charge in [0.25, 0.3) is 0 Å². The van der Waals surface area contributed by atoms with Gasteiger partial charge >= 0.3 is 0 Å². The van der Waals surface area contributed by atoms with E-state index in [1.54, 1.807) is 6.92 Å². The molecular weight excluding hydrogens is 225 g/mol. The van der Waals surface area contributed by atoms with E-state index in [-0.39, 0.29) is 5.82 Å². The van der Waals surface area contributed by atoms with Crippen molar-refractivity contribution in [3.63, 3.8) is 0 Å². The first-order chi connectivity index (χ1) is 8.69. The summed E-state index contributed by atoms with van der Waals surface area (Å²) in [4.78, 5) is 0. The van der Waals surface area contributed by atoms with Gasteiger partial charge < -0.3 is 5.73 Å². The van der Waals surface area contributed by atoms with Crippen LogP contribution in [0, 0.1) is 12.7 Å². The van der Waals surface area contributed by atoms with Gasteiger partial charge in [-0.3, -0.25) is 0 Å². The second kappa shape index (κ2) is 5.78. The minimum atomic E-state index is -0.142. The summed E-state index contributed by atoms with van der Waals surface area (Å²) in [5.74, 6) is -0.142. The molecule has 0 bridgehead atoms. The summed E-state index contributed by atoms with van der Waals surface area (Å²) in [6.07, 6.45) is 1.75. The summed E-state index contributed by atoms with van der Waals surface area (Å²) in [7, 11) is 0. The average molecular weight is 243 g/mol. The maximum absolute atomic E-state index is 13.2. The highest BCUT2D eigenvalue weighted by molar-refractivity contribution is 5.31. The van der Waals surface area contributed by atoms with Gasteiger partial charge in [0.15, 0.2) is 0 Å². The summed E-state index contributed by atoms with van der Waals surface area (Å²) in [5.41, 5.74) is 9.86. The number of hydrogen-bond acceptors (Lipinski definition) is 1. The molecule has 18 heavy (non-hydrogen) atoms. The van der Waals surface area contributed by atoms with Crippen LogP contribution >= 0.6 is 0 Å². The molecule has 2 aromatic carbocycles. The van der Waals surface area contributed by atoms with Gasteiger partial charge in [-0.1, -0.05) is 36.4 Å². The second-order valence-corrected chi connectivity index (χ2v) is 4.62. The molecule has 2 rings (SSSR count). The van der Waals surface area contributed by atoms with Crippen molar-refractivity contribution >= 4 is 0 Å². The van der Waals surface area contributed by atoms with Gasteiger partial charge in [-0.05, 0) is 54.6 Å². The van der Waals surface area contributed by atoms with Crippen LogP contribution in [0.4, 0.5) is 4.39 Å². The van der Waals surface area contributed by atoms with E-state index in [1.165, 1.54) is 17.2 Å². The molecule has 0 heterocycles. The maximum Gasteiger partial charge on any atom is 0.126 e. The van der Waals surface area contributed by atoms with Crippen LogP contribution in [0.1, 0.15) is 22.3 Å². The summed E-state index contributed by atoms with van der Waals surface area (Å²) in [6.45, 7) is 2.47. The van der Waals surface area contributed by atoms with Crippen molar-refractivity contribution in [3.8, 4) is 0 Å². The molecule has 0 amide bonds. The van der Waals surface area contributed by atoms with E-state index in [2.05, 4.69) is 24.3 Å². The first-order valence-corrected chi connectivity index (χ1v) is 6.22. The summed E-state index contributed by atoms with van der Waals surface area (Å²) >= 11 is 0. The number of halogens is 1. The molecular formula is C16H18FN. The number of aryl methyl sites for hydroxylation is 1. The molecule has 0 saturated heterocycles. The van der Waals surface area contributed by atoms with Crippen LogP contribution < -0.4 is 5.73 Å². The SMILES string of the molecule is Cc1cc(Cc2ccc(CCN)cc2)ccc1F. The lowest BCUT2D eigenvalue weighted by Crippen LogP contribution is -2.02. The lowest BCUT2D eigenvalue weighted by atomic mass is 10.0. The van der Waals surface area contributed by atoms with Gasteiger partial charge in [-0.15, -0.1) is 0 Å². The summed E-state index contributed by atoms with van der Waals surface area (Å²) < 4.78 is 13.2. The normalized spacial score (nSPS) is 10.6. The Morgan fingerprint density at radius 1 is 0.944 bits per heavy atom. The first-order valence-electron chi connectivity index (χ1n) is 6.22. The van der Waals surface area contributed by atoms with Crippen molar-refractivity contribution in [2.24, 2.45) is 5.73 Å². The molecule has 0 aromatic heterocycles. The maximum atomic E-state index is 13.2. The highest BCUT2D eigenvalue weighted by atomic mass is 19.1. The van der Waals surface area contributed by atoms with Gasteiger partial charge in [-0.2, -0.15) is 0 Å². The first kappa shape index (κ1) is 12.8. The lowest BCUT2D eigenvalue weighted by Gasteiger charge is -2.05. The van der Waals surface area contributed by atoms with Crippen molar-refractivity contribution < 1.29 is 4.39 Å². The van der Waals surface area contributed by atoms with Crippen molar-refractivity contribution in [2.45, 2.75) is 19.8 Å². The zero-order valence-electron chi connectivity index (χ0n) is 10.6. The quantitative estimate of drug-likeness (QED) is 0.876. The number of benzene rings is 2. The Labute approximate surface area is 107 Å². The van der Waals surface area contributed by atoms with E-state index in [9.17, 15) is 4.39 Å². The molecule has 2 N–H and O–H groups in total. The minimum Gasteiger partial charge on any atom is -0.330 e. The molecule has 0 radical (unpaired) electrons. The van der Waals surface area contributed by atoms with Crippen LogP contribution in [-0.2, 0) is 12.8 Å². The van der Waals surface area contributed by atoms with Crippen LogP contribution in [-0.4, -0.2) is 6.54 Å². The van der Waals surface area contributed by atoms with Gasteiger partial charge in [0.1, 0.15) is 5.82 Å². The van der Waals surface area contributed by atoms with E-state index >= 15 is 0 Å². The Morgan fingerprint density at radius 3 is 2.17 bits per heavy atom. The van der Waals surface area contributed by atoms with Gasteiger partial charge in [0.05, 0.1) is 0 Å². The monoisotopic (exact) mass is 243 g/mol. The van der Waals surface area contributed by atoms with E-state index in [0.717, 1.165) is 18.4 Å². The van der Waals surface area contributed by atoms with E-state index in [4.69, 9.17) is 5.73 Å². The molecule has 0 aliphatic heterocycles. The van der Waals surface area contributed by atoms with Crippen LogP contribution in [0.2, 0.25) is 0 Å². The van der Waals surface area contributed by atoms with Crippen molar-refractivity contribution in [1.82, 2.24) is 0 Å². The van der Waals surface area contributed by atoms with Crippen molar-refractivity contribution in [1.29, 1.82) is 0 Å². The molecule has 1 nitrogen and oxygen atoms in total. The summed E-state index contributed by atoms with van der Waals surface area (Å²) in [6, 6.07) is 13.7. The Hall–Kier alpha value is -1.67. The third-order valence-corrected chi connectivity index (χ3v) is 3.09. The molecule has 2 aromatic rings. The lowest BCUT2D eigenvalue weighted by molar-refractivity contribution is 0.618.